The first-order valence-electron chi connectivity index (χ1n) is 4.11. The van der Waals surface area contributed by atoms with Gasteiger partial charge in [0.2, 0.25) is 0 Å². The molecule has 78 valence electrons. The van der Waals surface area contributed by atoms with E-state index >= 15 is 0 Å². The van der Waals surface area contributed by atoms with Crippen molar-refractivity contribution in [2.45, 2.75) is 13.5 Å². The zero-order valence-corrected chi connectivity index (χ0v) is 9.64. The van der Waals surface area contributed by atoms with Gasteiger partial charge in [0.15, 0.2) is 0 Å². The average Bonchev–Trinajstić information content (AvgIpc) is 2.02. The van der Waals surface area contributed by atoms with Gasteiger partial charge in [-0.25, -0.2) is 0 Å². The second-order valence-corrected chi connectivity index (χ2v) is 5.80. The van der Waals surface area contributed by atoms with Crippen LogP contribution in [0.3, 0.4) is 0 Å². The minimum atomic E-state index is -3.61. The highest BCUT2D eigenvalue weighted by Gasteiger charge is 2.13. The third-order valence-electron chi connectivity index (χ3n) is 1.86. The number of aryl methyl sites for hydroxylation is 1. The lowest BCUT2D eigenvalue weighted by atomic mass is 10.1. The molecule has 0 bridgehead atoms. The molecule has 0 heterocycles. The summed E-state index contributed by atoms with van der Waals surface area (Å²) in [6.45, 7) is 2.26. The third kappa shape index (κ3) is 3.29. The predicted octanol–water partition coefficient (Wildman–Crippen LogP) is 1.91. The van der Waals surface area contributed by atoms with Crippen LogP contribution in [0.15, 0.2) is 24.3 Å². The molecule has 0 aromatic heterocycles. The van der Waals surface area contributed by atoms with Crippen molar-refractivity contribution in [2.75, 3.05) is 7.05 Å². The number of halogens is 1. The van der Waals surface area contributed by atoms with Crippen LogP contribution < -0.4 is 0 Å². The molecule has 1 aromatic rings. The van der Waals surface area contributed by atoms with Crippen molar-refractivity contribution in [3.8, 4) is 0 Å². The number of benzene rings is 1. The summed E-state index contributed by atoms with van der Waals surface area (Å²) in [5.74, 6) is 0. The molecule has 0 saturated carbocycles. The van der Waals surface area contributed by atoms with Crippen LogP contribution >= 0.6 is 10.7 Å². The molecule has 3 nitrogen and oxygen atoms in total. The molecule has 1 rings (SSSR count). The van der Waals surface area contributed by atoms with E-state index in [0.29, 0.717) is 6.54 Å². The van der Waals surface area contributed by atoms with Gasteiger partial charge >= 0.3 is 0 Å². The van der Waals surface area contributed by atoms with E-state index in [-0.39, 0.29) is 0 Å². The maximum absolute atomic E-state index is 10.9. The predicted molar refractivity (Wildman–Crippen MR) is 57.4 cm³/mol. The third-order valence-corrected chi connectivity index (χ3v) is 3.44. The fourth-order valence-electron chi connectivity index (χ4n) is 1.14. The van der Waals surface area contributed by atoms with Gasteiger partial charge in [0.25, 0.3) is 9.24 Å². The Balaban J connectivity index is 2.80. The molecule has 0 aliphatic rings. The Hall–Kier alpha value is -0.580. The van der Waals surface area contributed by atoms with E-state index in [1.54, 1.807) is 0 Å². The Morgan fingerprint density at radius 1 is 1.43 bits per heavy atom. The van der Waals surface area contributed by atoms with Gasteiger partial charge in [-0.15, -0.1) is 0 Å². The van der Waals surface area contributed by atoms with Gasteiger partial charge in [-0.3, -0.25) is 0 Å². The first-order valence-corrected chi connectivity index (χ1v) is 6.37. The molecule has 14 heavy (non-hydrogen) atoms. The minimum absolute atomic E-state index is 0.299. The van der Waals surface area contributed by atoms with E-state index in [4.69, 9.17) is 10.7 Å². The Kier molecular flexibility index (Phi) is 3.53. The maximum Gasteiger partial charge on any atom is 0.299 e. The highest BCUT2D eigenvalue weighted by atomic mass is 35.7. The normalized spacial score (nSPS) is 12.0. The van der Waals surface area contributed by atoms with Gasteiger partial charge < -0.3 is 0 Å². The molecule has 0 fully saturated rings. The van der Waals surface area contributed by atoms with Crippen molar-refractivity contribution >= 4 is 19.9 Å². The Labute approximate surface area is 88.9 Å². The van der Waals surface area contributed by atoms with Gasteiger partial charge in [0, 0.05) is 24.3 Å². The first-order chi connectivity index (χ1) is 6.39. The number of nitrogens with zero attached hydrogens (tertiary/aromatic N) is 1. The maximum atomic E-state index is 10.9. The molecule has 0 aliphatic heterocycles. The molecular formula is C9H12ClNO2S. The van der Waals surface area contributed by atoms with Crippen LogP contribution in [0, 0.1) is 6.92 Å². The summed E-state index contributed by atoms with van der Waals surface area (Å²) in [6.07, 6.45) is 0. The van der Waals surface area contributed by atoms with Crippen LogP contribution in [0.2, 0.25) is 0 Å². The lowest BCUT2D eigenvalue weighted by Gasteiger charge is -2.12. The number of hydrogen-bond donors (Lipinski definition) is 0. The van der Waals surface area contributed by atoms with Crippen LogP contribution in [-0.2, 0) is 15.8 Å². The van der Waals surface area contributed by atoms with Crippen molar-refractivity contribution in [3.05, 3.63) is 35.4 Å². The smallest absolute Gasteiger partial charge is 0.195 e. The summed E-state index contributed by atoms with van der Waals surface area (Å²) < 4.78 is 22.9. The average molecular weight is 234 g/mol. The molecule has 0 unspecified atom stereocenters. The van der Waals surface area contributed by atoms with Crippen molar-refractivity contribution in [3.63, 3.8) is 0 Å². The lowest BCUT2D eigenvalue weighted by Crippen LogP contribution is -2.21. The summed E-state index contributed by atoms with van der Waals surface area (Å²) in [5, 5.41) is 0. The second-order valence-electron chi connectivity index (χ2n) is 3.19. The van der Waals surface area contributed by atoms with E-state index in [0.717, 1.165) is 15.4 Å². The minimum Gasteiger partial charge on any atom is -0.195 e. The Bertz CT molecular complexity index is 417. The van der Waals surface area contributed by atoms with E-state index in [1.807, 2.05) is 31.2 Å². The Morgan fingerprint density at radius 2 is 2.07 bits per heavy atom. The van der Waals surface area contributed by atoms with Crippen molar-refractivity contribution in [2.24, 2.45) is 0 Å². The highest BCUT2D eigenvalue weighted by molar-refractivity contribution is 8.11. The lowest BCUT2D eigenvalue weighted by molar-refractivity contribution is 0.480. The van der Waals surface area contributed by atoms with Gasteiger partial charge in [0.05, 0.1) is 0 Å². The number of hydrogen-bond acceptors (Lipinski definition) is 2. The van der Waals surface area contributed by atoms with E-state index < -0.39 is 9.24 Å². The van der Waals surface area contributed by atoms with Crippen molar-refractivity contribution in [1.82, 2.24) is 4.31 Å². The van der Waals surface area contributed by atoms with Crippen molar-refractivity contribution in [1.29, 1.82) is 0 Å². The van der Waals surface area contributed by atoms with E-state index in [9.17, 15) is 8.42 Å². The van der Waals surface area contributed by atoms with Crippen LogP contribution in [0.1, 0.15) is 11.1 Å². The van der Waals surface area contributed by atoms with Gasteiger partial charge in [-0.1, -0.05) is 29.8 Å². The molecule has 0 spiro atoms. The zero-order chi connectivity index (χ0) is 10.8. The van der Waals surface area contributed by atoms with Crippen LogP contribution in [-0.4, -0.2) is 19.8 Å². The second kappa shape index (κ2) is 4.29. The van der Waals surface area contributed by atoms with Gasteiger partial charge in [-0.05, 0) is 12.5 Å². The standard InChI is InChI=1S/C9H12ClNO2S/c1-8-4-3-5-9(6-8)7-11(2)14(10,12)13/h3-6H,7H2,1-2H3. The van der Waals surface area contributed by atoms with E-state index in [2.05, 4.69) is 0 Å². The van der Waals surface area contributed by atoms with Crippen molar-refractivity contribution < 1.29 is 8.42 Å². The summed E-state index contributed by atoms with van der Waals surface area (Å²) in [6, 6.07) is 7.64. The van der Waals surface area contributed by atoms with Gasteiger partial charge in [0.1, 0.15) is 0 Å². The largest absolute Gasteiger partial charge is 0.299 e. The van der Waals surface area contributed by atoms with E-state index in [1.165, 1.54) is 7.05 Å². The molecule has 0 radical (unpaired) electrons. The molecule has 0 amide bonds. The first kappa shape index (κ1) is 11.5. The Morgan fingerprint density at radius 3 is 2.57 bits per heavy atom. The number of rotatable bonds is 3. The summed E-state index contributed by atoms with van der Waals surface area (Å²) in [4.78, 5) is 0. The fraction of sp³-hybridized carbons (Fsp3) is 0.333. The quantitative estimate of drug-likeness (QED) is 0.748. The molecule has 0 N–H and O–H groups in total. The topological polar surface area (TPSA) is 37.4 Å². The summed E-state index contributed by atoms with van der Waals surface area (Å²) >= 11 is 0. The zero-order valence-electron chi connectivity index (χ0n) is 8.07. The van der Waals surface area contributed by atoms with Crippen LogP contribution in [0.5, 0.6) is 0 Å². The monoisotopic (exact) mass is 233 g/mol. The molecule has 0 atom stereocenters. The molecule has 5 heteroatoms. The molecule has 0 aliphatic carbocycles. The summed E-state index contributed by atoms with van der Waals surface area (Å²) in [7, 11) is 3.01. The SMILES string of the molecule is Cc1cccc(CN(C)S(=O)(=O)Cl)c1. The molecule has 0 saturated heterocycles. The highest BCUT2D eigenvalue weighted by Crippen LogP contribution is 2.11. The van der Waals surface area contributed by atoms with Crippen LogP contribution in [0.4, 0.5) is 0 Å². The van der Waals surface area contributed by atoms with Crippen LogP contribution in [0.25, 0.3) is 0 Å². The fourth-order valence-corrected chi connectivity index (χ4v) is 1.59. The molecule has 1 aromatic carbocycles. The van der Waals surface area contributed by atoms with Gasteiger partial charge in [-0.2, -0.15) is 12.7 Å². The summed E-state index contributed by atoms with van der Waals surface area (Å²) in [5.41, 5.74) is 2.03. The molecular weight excluding hydrogens is 222 g/mol.